The molecule has 0 aromatic carbocycles. The van der Waals surface area contributed by atoms with E-state index in [0.29, 0.717) is 6.42 Å². The average Bonchev–Trinajstić information content (AvgIpc) is 3.03. The summed E-state index contributed by atoms with van der Waals surface area (Å²) in [7, 11) is 1.12. The molecule has 0 bridgehead atoms. The maximum absolute atomic E-state index is 12.3. The molecule has 45 heavy (non-hydrogen) atoms. The molecule has 0 saturated carbocycles. The summed E-state index contributed by atoms with van der Waals surface area (Å²) in [4.78, 5) is 47.9. The number of allylic oxidation sites excluding steroid dienone is 12. The van der Waals surface area contributed by atoms with E-state index in [1.807, 2.05) is 12.2 Å². The highest BCUT2D eigenvalue weighted by Crippen LogP contribution is 2.24. The Morgan fingerprint density at radius 1 is 0.756 bits per heavy atom. The topological polar surface area (TPSA) is 162 Å². The molecular weight excluding hydrogens is 576 g/mol. The Labute approximate surface area is 268 Å². The molecular formula is C35H52N2O8. The second kappa shape index (κ2) is 27.5. The number of rotatable bonds is 25. The summed E-state index contributed by atoms with van der Waals surface area (Å²) in [5, 5.41) is 34.2. The number of carboxylic acids is 1. The number of methoxy groups -OCH3 is 1. The van der Waals surface area contributed by atoms with Gasteiger partial charge in [-0.15, -0.1) is 0 Å². The minimum Gasteiger partial charge on any atom is -0.479 e. The number of hydrogen-bond donors (Lipinski definition) is 5. The number of ether oxygens (including phenoxy) is 1. The Morgan fingerprint density at radius 3 is 1.69 bits per heavy atom. The van der Waals surface area contributed by atoms with Crippen molar-refractivity contribution >= 4 is 23.8 Å². The quantitative estimate of drug-likeness (QED) is 0.0423. The Balaban J connectivity index is 4.39. The van der Waals surface area contributed by atoms with Crippen LogP contribution in [0.4, 0.5) is 0 Å². The fourth-order valence-corrected chi connectivity index (χ4v) is 4.08. The number of nitrogens with one attached hydrogen (secondary N) is 2. The summed E-state index contributed by atoms with van der Waals surface area (Å²) in [6.45, 7) is 0.850. The minimum atomic E-state index is -2.02. The first-order chi connectivity index (χ1) is 21.8. The molecule has 0 radical (unpaired) electrons. The molecule has 250 valence electrons. The predicted molar refractivity (Wildman–Crippen MR) is 177 cm³/mol. The van der Waals surface area contributed by atoms with Gasteiger partial charge in [0.25, 0.3) is 0 Å². The third kappa shape index (κ3) is 20.5. The molecule has 0 saturated heterocycles. The number of carbonyl (C=O) groups is 4. The summed E-state index contributed by atoms with van der Waals surface area (Å²) >= 11 is 0. The second-order valence-electron chi connectivity index (χ2n) is 10.1. The van der Waals surface area contributed by atoms with Crippen molar-refractivity contribution in [3.63, 3.8) is 0 Å². The minimum absolute atomic E-state index is 0.134. The van der Waals surface area contributed by atoms with Crippen LogP contribution in [-0.4, -0.2) is 71.5 Å². The fraction of sp³-hybridized carbons (Fsp3) is 0.486. The lowest BCUT2D eigenvalue weighted by Gasteiger charge is -2.36. The maximum Gasteiger partial charge on any atom is 0.330 e. The number of esters is 1. The molecule has 0 aliphatic heterocycles. The Bertz CT molecular complexity index is 1070. The zero-order valence-electron chi connectivity index (χ0n) is 26.7. The molecule has 5 N–H and O–H groups in total. The third-order valence-electron chi connectivity index (χ3n) is 6.64. The monoisotopic (exact) mass is 628 g/mol. The Hall–Kier alpha value is -4.02. The number of carboxylic acid groups (broad SMARTS) is 1. The Morgan fingerprint density at radius 2 is 1.24 bits per heavy atom. The first-order valence-corrected chi connectivity index (χ1v) is 15.5. The van der Waals surface area contributed by atoms with E-state index in [4.69, 9.17) is 0 Å². The van der Waals surface area contributed by atoms with Gasteiger partial charge in [-0.3, -0.25) is 9.59 Å². The van der Waals surface area contributed by atoms with E-state index in [-0.39, 0.29) is 31.7 Å². The van der Waals surface area contributed by atoms with E-state index in [1.165, 1.54) is 0 Å². The van der Waals surface area contributed by atoms with E-state index >= 15 is 0 Å². The van der Waals surface area contributed by atoms with Crippen molar-refractivity contribution in [3.8, 4) is 0 Å². The molecule has 0 spiro atoms. The smallest absolute Gasteiger partial charge is 0.330 e. The lowest BCUT2D eigenvalue weighted by Crippen LogP contribution is -2.61. The molecule has 0 unspecified atom stereocenters. The standard InChI is InChI=1S/C35H52N2O8/c1-3-4-5-6-7-8-9-10-11-12-13-14-15-16-17-18-19-20-21-23-31(40)36-27-22-26-35(34(43)44,30(28-38)29-39)37-32(41)24-25-33(42)45-2/h4-5,7-8,10-11,13-14,16-17,19-20,24-25,30,38-39H,3,6,9,12,15,18,21-23,26-29H2,1-2H3,(H,36,40)(H,37,41)(H,43,44)/t35-/m0/s1. The average molecular weight is 629 g/mol. The summed E-state index contributed by atoms with van der Waals surface area (Å²) in [6, 6.07) is 0. The molecule has 2 amide bonds. The van der Waals surface area contributed by atoms with Crippen LogP contribution in [0, 0.1) is 5.92 Å². The number of amides is 2. The van der Waals surface area contributed by atoms with E-state index < -0.39 is 42.5 Å². The van der Waals surface area contributed by atoms with Gasteiger partial charge in [-0.2, -0.15) is 0 Å². The summed E-state index contributed by atoms with van der Waals surface area (Å²) < 4.78 is 4.41. The normalized spacial score (nSPS) is 13.8. The fourth-order valence-electron chi connectivity index (χ4n) is 4.08. The van der Waals surface area contributed by atoms with E-state index in [9.17, 15) is 34.5 Å². The molecule has 0 rings (SSSR count). The van der Waals surface area contributed by atoms with Gasteiger partial charge < -0.3 is 30.7 Å². The van der Waals surface area contributed by atoms with Gasteiger partial charge in [0.15, 0.2) is 0 Å². The van der Waals surface area contributed by atoms with Gasteiger partial charge in [-0.25, -0.2) is 9.59 Å². The van der Waals surface area contributed by atoms with Crippen LogP contribution in [0.1, 0.15) is 71.1 Å². The van der Waals surface area contributed by atoms with Crippen molar-refractivity contribution in [2.45, 2.75) is 76.7 Å². The van der Waals surface area contributed by atoms with Gasteiger partial charge in [-0.05, 0) is 57.8 Å². The molecule has 0 aromatic rings. The largest absolute Gasteiger partial charge is 0.479 e. The first-order valence-electron chi connectivity index (χ1n) is 15.5. The highest BCUT2D eigenvalue weighted by molar-refractivity contribution is 5.97. The predicted octanol–water partition coefficient (Wildman–Crippen LogP) is 4.63. The molecule has 0 heterocycles. The molecule has 0 fully saturated rings. The second-order valence-corrected chi connectivity index (χ2v) is 10.1. The summed E-state index contributed by atoms with van der Waals surface area (Å²) in [5.41, 5.74) is -2.02. The zero-order chi connectivity index (χ0) is 33.6. The van der Waals surface area contributed by atoms with Gasteiger partial charge in [0, 0.05) is 31.0 Å². The number of carbonyl (C=O) groups excluding carboxylic acids is 3. The van der Waals surface area contributed by atoms with Crippen LogP contribution in [0.5, 0.6) is 0 Å². The number of hydrogen-bond acceptors (Lipinski definition) is 7. The number of aliphatic hydroxyl groups is 2. The number of aliphatic hydroxyl groups excluding tert-OH is 2. The maximum atomic E-state index is 12.3. The molecule has 10 nitrogen and oxygen atoms in total. The van der Waals surface area contributed by atoms with Crippen LogP contribution < -0.4 is 10.6 Å². The van der Waals surface area contributed by atoms with Crippen LogP contribution in [0.2, 0.25) is 0 Å². The SMILES string of the molecule is CCC=CCC=CCC=CCC=CCC=CCC=CCCC(=O)NCCC[C@@](NC(=O)C=CC(=O)OC)(C(=O)O)C(CO)CO. The van der Waals surface area contributed by atoms with E-state index in [0.717, 1.165) is 57.8 Å². The lowest BCUT2D eigenvalue weighted by molar-refractivity contribution is -0.152. The lowest BCUT2D eigenvalue weighted by atomic mass is 9.80. The van der Waals surface area contributed by atoms with Crippen LogP contribution in [0.15, 0.2) is 85.1 Å². The Kier molecular flexibility index (Phi) is 25.1. The molecule has 10 heteroatoms. The highest BCUT2D eigenvalue weighted by Gasteiger charge is 2.46. The molecule has 0 aliphatic carbocycles. The van der Waals surface area contributed by atoms with Gasteiger partial charge >= 0.3 is 11.9 Å². The van der Waals surface area contributed by atoms with Gasteiger partial charge in [-0.1, -0.05) is 79.8 Å². The van der Waals surface area contributed by atoms with Crippen molar-refractivity contribution in [1.29, 1.82) is 0 Å². The molecule has 0 aromatic heterocycles. The highest BCUT2D eigenvalue weighted by atomic mass is 16.5. The number of aliphatic carboxylic acids is 1. The van der Waals surface area contributed by atoms with Gasteiger partial charge in [0.1, 0.15) is 5.54 Å². The summed E-state index contributed by atoms with van der Waals surface area (Å²) in [6.07, 6.45) is 33.4. The van der Waals surface area contributed by atoms with Crippen LogP contribution in [0.25, 0.3) is 0 Å². The third-order valence-corrected chi connectivity index (χ3v) is 6.64. The van der Waals surface area contributed by atoms with Crippen LogP contribution in [0.3, 0.4) is 0 Å². The molecule has 1 atom stereocenters. The zero-order valence-corrected chi connectivity index (χ0v) is 26.7. The van der Waals surface area contributed by atoms with E-state index in [1.54, 1.807) is 0 Å². The summed E-state index contributed by atoms with van der Waals surface area (Å²) in [5.74, 6) is -4.59. The van der Waals surface area contributed by atoms with Crippen molar-refractivity contribution in [1.82, 2.24) is 10.6 Å². The van der Waals surface area contributed by atoms with Gasteiger partial charge in [0.05, 0.1) is 20.3 Å². The molecule has 0 aliphatic rings. The van der Waals surface area contributed by atoms with Crippen molar-refractivity contribution < 1.29 is 39.2 Å². The van der Waals surface area contributed by atoms with E-state index in [2.05, 4.69) is 83.1 Å². The van der Waals surface area contributed by atoms with Crippen molar-refractivity contribution in [2.24, 2.45) is 5.92 Å². The first kappa shape index (κ1) is 41.0. The van der Waals surface area contributed by atoms with Crippen LogP contribution >= 0.6 is 0 Å². The van der Waals surface area contributed by atoms with Crippen molar-refractivity contribution in [3.05, 3.63) is 85.1 Å². The van der Waals surface area contributed by atoms with Gasteiger partial charge in [0.2, 0.25) is 11.8 Å². The van der Waals surface area contributed by atoms with Crippen LogP contribution in [-0.2, 0) is 23.9 Å². The van der Waals surface area contributed by atoms with Crippen molar-refractivity contribution in [2.75, 3.05) is 26.9 Å².